The van der Waals surface area contributed by atoms with Crippen LogP contribution in [-0.4, -0.2) is 22.2 Å². The van der Waals surface area contributed by atoms with Crippen molar-refractivity contribution in [2.24, 2.45) is 0 Å². The van der Waals surface area contributed by atoms with E-state index in [-0.39, 0.29) is 10.4 Å². The second-order valence-corrected chi connectivity index (χ2v) is 4.13. The molecule has 0 aliphatic heterocycles. The van der Waals surface area contributed by atoms with Gasteiger partial charge in [-0.1, -0.05) is 13.8 Å². The van der Waals surface area contributed by atoms with E-state index >= 15 is 0 Å². The molecule has 0 aromatic carbocycles. The number of carboxylic acid groups (broad SMARTS) is 2. The van der Waals surface area contributed by atoms with Crippen LogP contribution in [0.15, 0.2) is 0 Å². The van der Waals surface area contributed by atoms with Crippen molar-refractivity contribution in [2.75, 3.05) is 0 Å². The second-order valence-electron chi connectivity index (χ2n) is 3.03. The summed E-state index contributed by atoms with van der Waals surface area (Å²) in [6.45, 7) is 3.59. The first-order chi connectivity index (χ1) is 7.02. The number of aromatic carboxylic acids is 2. The summed E-state index contributed by atoms with van der Waals surface area (Å²) in [4.78, 5) is 22.7. The molecule has 1 aromatic heterocycles. The van der Waals surface area contributed by atoms with Crippen molar-refractivity contribution in [3.05, 3.63) is 20.9 Å². The maximum absolute atomic E-state index is 11.0. The second kappa shape index (κ2) is 4.44. The number of aryl methyl sites for hydroxylation is 1. The van der Waals surface area contributed by atoms with E-state index < -0.39 is 11.9 Å². The molecule has 0 fully saturated rings. The van der Waals surface area contributed by atoms with Crippen LogP contribution in [0.2, 0.25) is 0 Å². The topological polar surface area (TPSA) is 74.6 Å². The molecule has 2 N–H and O–H groups in total. The molecule has 1 rings (SSSR count). The Balaban J connectivity index is 3.45. The summed E-state index contributed by atoms with van der Waals surface area (Å²) in [5.41, 5.74) is 0.624. The summed E-state index contributed by atoms with van der Waals surface area (Å²) in [7, 11) is 0. The van der Waals surface area contributed by atoms with E-state index in [2.05, 4.69) is 0 Å². The van der Waals surface area contributed by atoms with Gasteiger partial charge in [0.1, 0.15) is 4.88 Å². The van der Waals surface area contributed by atoms with E-state index in [1.807, 2.05) is 6.92 Å². The number of rotatable bonds is 4. The largest absolute Gasteiger partial charge is 0.478 e. The minimum absolute atomic E-state index is 0.159. The molecule has 0 amide bonds. The lowest BCUT2D eigenvalue weighted by atomic mass is 10.1. The fourth-order valence-electron chi connectivity index (χ4n) is 1.53. The summed E-state index contributed by atoms with van der Waals surface area (Å²) in [6.07, 6.45) is 0.979. The monoisotopic (exact) mass is 228 g/mol. The van der Waals surface area contributed by atoms with Gasteiger partial charge >= 0.3 is 11.9 Å². The summed E-state index contributed by atoms with van der Waals surface area (Å²) in [5, 5.41) is 17.9. The smallest absolute Gasteiger partial charge is 0.346 e. The number of hydrogen-bond acceptors (Lipinski definition) is 3. The number of carboxylic acids is 2. The minimum Gasteiger partial charge on any atom is -0.478 e. The average Bonchev–Trinajstić information content (AvgIpc) is 2.55. The lowest BCUT2D eigenvalue weighted by Gasteiger charge is -1.99. The van der Waals surface area contributed by atoms with Crippen LogP contribution in [-0.2, 0) is 12.8 Å². The minimum atomic E-state index is -1.04. The molecule has 0 aliphatic rings. The number of carbonyl (C=O) groups is 2. The van der Waals surface area contributed by atoms with E-state index in [9.17, 15) is 9.59 Å². The van der Waals surface area contributed by atoms with Crippen LogP contribution in [0.25, 0.3) is 0 Å². The zero-order valence-corrected chi connectivity index (χ0v) is 9.35. The van der Waals surface area contributed by atoms with Gasteiger partial charge in [0.15, 0.2) is 0 Å². The molecule has 0 aliphatic carbocycles. The predicted octanol–water partition coefficient (Wildman–Crippen LogP) is 2.27. The number of hydrogen-bond donors (Lipinski definition) is 2. The Bertz CT molecular complexity index is 406. The molecule has 1 heterocycles. The zero-order valence-electron chi connectivity index (χ0n) is 8.53. The van der Waals surface area contributed by atoms with Gasteiger partial charge in [-0.05, 0) is 18.4 Å². The molecule has 0 saturated carbocycles. The molecule has 0 unspecified atom stereocenters. The Labute approximate surface area is 91.2 Å². The highest BCUT2D eigenvalue weighted by Crippen LogP contribution is 2.29. The van der Waals surface area contributed by atoms with Crippen LogP contribution in [0.3, 0.4) is 0 Å². The first kappa shape index (κ1) is 11.7. The van der Waals surface area contributed by atoms with Crippen LogP contribution < -0.4 is 0 Å². The zero-order chi connectivity index (χ0) is 11.6. The molecule has 0 radical (unpaired) electrons. The maximum Gasteiger partial charge on any atom is 0.346 e. The first-order valence-corrected chi connectivity index (χ1v) is 5.45. The molecule has 0 bridgehead atoms. The molecule has 82 valence electrons. The summed E-state index contributed by atoms with van der Waals surface area (Å²) < 4.78 is 0. The Morgan fingerprint density at radius 2 is 1.73 bits per heavy atom. The fraction of sp³-hybridized carbons (Fsp3) is 0.400. The lowest BCUT2D eigenvalue weighted by molar-refractivity contribution is 0.0694. The normalized spacial score (nSPS) is 10.3. The van der Waals surface area contributed by atoms with Crippen molar-refractivity contribution in [2.45, 2.75) is 26.7 Å². The van der Waals surface area contributed by atoms with Gasteiger partial charge in [0.2, 0.25) is 0 Å². The summed E-state index contributed by atoms with van der Waals surface area (Å²) >= 11 is 1.07. The van der Waals surface area contributed by atoms with Gasteiger partial charge in [-0.15, -0.1) is 11.3 Å². The standard InChI is InChI=1S/C10H12O4S/c1-3-5-7(9(11)12)6(4-2)15-8(5)10(13)14/h3-4H2,1-2H3,(H,11,12)(H,13,14). The van der Waals surface area contributed by atoms with Gasteiger partial charge in [-0.25, -0.2) is 9.59 Å². The van der Waals surface area contributed by atoms with E-state index in [1.165, 1.54) is 0 Å². The Kier molecular flexibility index (Phi) is 3.47. The van der Waals surface area contributed by atoms with Gasteiger partial charge in [0.05, 0.1) is 5.56 Å². The Morgan fingerprint density at radius 1 is 1.13 bits per heavy atom. The van der Waals surface area contributed by atoms with Crippen molar-refractivity contribution in [3.63, 3.8) is 0 Å². The Hall–Kier alpha value is -1.36. The molecular formula is C10H12O4S. The van der Waals surface area contributed by atoms with Crippen LogP contribution in [0.1, 0.15) is 44.3 Å². The van der Waals surface area contributed by atoms with Gasteiger partial charge in [0, 0.05) is 4.88 Å². The van der Waals surface area contributed by atoms with Crippen molar-refractivity contribution >= 4 is 23.3 Å². The third-order valence-corrected chi connectivity index (χ3v) is 3.53. The van der Waals surface area contributed by atoms with Crippen molar-refractivity contribution in [3.8, 4) is 0 Å². The van der Waals surface area contributed by atoms with Gasteiger partial charge < -0.3 is 10.2 Å². The summed E-state index contributed by atoms with van der Waals surface area (Å²) in [6, 6.07) is 0. The molecule has 0 saturated heterocycles. The van der Waals surface area contributed by atoms with Gasteiger partial charge in [-0.2, -0.15) is 0 Å². The van der Waals surface area contributed by atoms with Crippen molar-refractivity contribution < 1.29 is 19.8 Å². The lowest BCUT2D eigenvalue weighted by Crippen LogP contribution is -2.04. The third kappa shape index (κ3) is 2.02. The van der Waals surface area contributed by atoms with Crippen LogP contribution in [0.4, 0.5) is 0 Å². The molecule has 0 spiro atoms. The predicted molar refractivity (Wildman–Crippen MR) is 57.0 cm³/mol. The van der Waals surface area contributed by atoms with Crippen LogP contribution in [0.5, 0.6) is 0 Å². The summed E-state index contributed by atoms with van der Waals surface area (Å²) in [5.74, 6) is -2.08. The molecule has 4 nitrogen and oxygen atoms in total. The maximum atomic E-state index is 11.0. The van der Waals surface area contributed by atoms with E-state index in [1.54, 1.807) is 6.92 Å². The molecule has 5 heteroatoms. The SMILES string of the molecule is CCc1sc(C(=O)O)c(CC)c1C(=O)O. The molecule has 0 atom stereocenters. The van der Waals surface area contributed by atoms with Gasteiger partial charge in [0.25, 0.3) is 0 Å². The fourth-order valence-corrected chi connectivity index (χ4v) is 2.69. The molecular weight excluding hydrogens is 216 g/mol. The van der Waals surface area contributed by atoms with Crippen molar-refractivity contribution in [1.29, 1.82) is 0 Å². The van der Waals surface area contributed by atoms with Gasteiger partial charge in [-0.3, -0.25) is 0 Å². The van der Waals surface area contributed by atoms with Crippen LogP contribution >= 0.6 is 11.3 Å². The molecule has 1 aromatic rings. The highest BCUT2D eigenvalue weighted by molar-refractivity contribution is 7.14. The third-order valence-electron chi connectivity index (χ3n) is 2.16. The van der Waals surface area contributed by atoms with E-state index in [4.69, 9.17) is 10.2 Å². The Morgan fingerprint density at radius 3 is 2.07 bits per heavy atom. The highest BCUT2D eigenvalue weighted by Gasteiger charge is 2.24. The highest BCUT2D eigenvalue weighted by atomic mass is 32.1. The van der Waals surface area contributed by atoms with E-state index in [0.717, 1.165) is 11.3 Å². The number of thiophene rings is 1. The average molecular weight is 228 g/mol. The quantitative estimate of drug-likeness (QED) is 0.829. The van der Waals surface area contributed by atoms with E-state index in [0.29, 0.717) is 23.3 Å². The first-order valence-electron chi connectivity index (χ1n) is 4.64. The molecule has 15 heavy (non-hydrogen) atoms. The van der Waals surface area contributed by atoms with Crippen molar-refractivity contribution in [1.82, 2.24) is 0 Å². The van der Waals surface area contributed by atoms with Crippen LogP contribution in [0, 0.1) is 0 Å².